The van der Waals surface area contributed by atoms with Gasteiger partial charge in [-0.15, -0.1) is 12.4 Å². The van der Waals surface area contributed by atoms with E-state index < -0.39 is 4.92 Å². The Hall–Kier alpha value is -1.53. The van der Waals surface area contributed by atoms with E-state index in [0.29, 0.717) is 11.6 Å². The molecule has 0 aliphatic carbocycles. The number of nitro benzene ring substituents is 1. The van der Waals surface area contributed by atoms with Crippen LogP contribution in [-0.4, -0.2) is 31.7 Å². The second-order valence-corrected chi connectivity index (χ2v) is 4.35. The van der Waals surface area contributed by atoms with Crippen LogP contribution in [0.25, 0.3) is 0 Å². The van der Waals surface area contributed by atoms with E-state index in [-0.39, 0.29) is 23.8 Å². The Labute approximate surface area is 118 Å². The first-order valence-electron chi connectivity index (χ1n) is 5.98. The largest absolute Gasteiger partial charge is 0.490 e. The van der Waals surface area contributed by atoms with Gasteiger partial charge in [-0.1, -0.05) is 6.07 Å². The molecule has 2 rings (SSSR count). The molecule has 0 spiro atoms. The molecule has 1 saturated heterocycles. The predicted octanol–water partition coefficient (Wildman–Crippen LogP) is 2.05. The summed E-state index contributed by atoms with van der Waals surface area (Å²) >= 11 is 0. The van der Waals surface area contributed by atoms with Crippen LogP contribution in [0.5, 0.6) is 5.75 Å². The number of ether oxygens (including phenoxy) is 1. The van der Waals surface area contributed by atoms with Crippen LogP contribution in [0.2, 0.25) is 0 Å². The molecule has 1 aromatic carbocycles. The number of hydrogen-bond acceptors (Lipinski definition) is 5. The average molecular weight is 288 g/mol. The summed E-state index contributed by atoms with van der Waals surface area (Å²) in [5.74, 6) is 0.811. The third kappa shape index (κ3) is 3.71. The van der Waals surface area contributed by atoms with Gasteiger partial charge >= 0.3 is 5.69 Å². The number of nitro groups is 1. The number of methoxy groups -OCH3 is 1. The summed E-state index contributed by atoms with van der Waals surface area (Å²) in [4.78, 5) is 10.7. The lowest BCUT2D eigenvalue weighted by Gasteiger charge is -2.12. The first kappa shape index (κ1) is 15.5. The van der Waals surface area contributed by atoms with Gasteiger partial charge in [0.2, 0.25) is 0 Å². The Balaban J connectivity index is 0.00000180. The molecule has 0 amide bonds. The number of halogens is 1. The van der Waals surface area contributed by atoms with Crippen LogP contribution in [0.3, 0.4) is 0 Å². The molecule has 1 aliphatic heterocycles. The van der Waals surface area contributed by atoms with Gasteiger partial charge < -0.3 is 15.4 Å². The fourth-order valence-corrected chi connectivity index (χ4v) is 2.16. The third-order valence-corrected chi connectivity index (χ3v) is 3.15. The summed E-state index contributed by atoms with van der Waals surface area (Å²) in [6.07, 6.45) is 1.10. The minimum atomic E-state index is -0.409. The fraction of sp³-hybridized carbons (Fsp3) is 0.500. The molecule has 6 nitrogen and oxygen atoms in total. The lowest BCUT2D eigenvalue weighted by atomic mass is 10.1. The minimum absolute atomic E-state index is 0. The van der Waals surface area contributed by atoms with Crippen molar-refractivity contribution >= 4 is 23.8 Å². The quantitative estimate of drug-likeness (QED) is 0.640. The minimum Gasteiger partial charge on any atom is -0.490 e. The van der Waals surface area contributed by atoms with E-state index in [1.165, 1.54) is 7.11 Å². The van der Waals surface area contributed by atoms with Gasteiger partial charge in [0.15, 0.2) is 5.75 Å². The summed E-state index contributed by atoms with van der Waals surface area (Å²) in [5.41, 5.74) is 0.525. The van der Waals surface area contributed by atoms with E-state index in [9.17, 15) is 10.1 Å². The van der Waals surface area contributed by atoms with Crippen molar-refractivity contribution in [1.82, 2.24) is 5.32 Å². The van der Waals surface area contributed by atoms with E-state index in [1.54, 1.807) is 18.2 Å². The summed E-state index contributed by atoms with van der Waals surface area (Å²) in [6.45, 7) is 2.72. The van der Waals surface area contributed by atoms with E-state index in [0.717, 1.165) is 26.1 Å². The number of hydrogen-bond donors (Lipinski definition) is 2. The van der Waals surface area contributed by atoms with Crippen molar-refractivity contribution in [2.24, 2.45) is 5.92 Å². The Kier molecular flexibility index (Phi) is 5.85. The van der Waals surface area contributed by atoms with Crippen LogP contribution < -0.4 is 15.4 Å². The molecule has 2 N–H and O–H groups in total. The monoisotopic (exact) mass is 287 g/mol. The van der Waals surface area contributed by atoms with Crippen LogP contribution >= 0.6 is 12.4 Å². The number of nitrogens with one attached hydrogen (secondary N) is 2. The van der Waals surface area contributed by atoms with Crippen molar-refractivity contribution in [3.63, 3.8) is 0 Å². The second kappa shape index (κ2) is 7.16. The van der Waals surface area contributed by atoms with Crippen LogP contribution in [0.4, 0.5) is 11.4 Å². The zero-order valence-electron chi connectivity index (χ0n) is 10.7. The lowest BCUT2D eigenvalue weighted by molar-refractivity contribution is -0.384. The molecular formula is C12H18ClN3O3. The van der Waals surface area contributed by atoms with Gasteiger partial charge in [0.1, 0.15) is 5.69 Å². The molecule has 1 aromatic rings. The lowest BCUT2D eigenvalue weighted by Crippen LogP contribution is -2.17. The van der Waals surface area contributed by atoms with Crippen molar-refractivity contribution in [1.29, 1.82) is 0 Å². The average Bonchev–Trinajstić information content (AvgIpc) is 2.88. The molecule has 1 heterocycles. The highest BCUT2D eigenvalue weighted by atomic mass is 35.5. The molecule has 106 valence electrons. The molecule has 1 atom stereocenters. The highest BCUT2D eigenvalue weighted by Crippen LogP contribution is 2.34. The van der Waals surface area contributed by atoms with Crippen molar-refractivity contribution in [3.8, 4) is 5.75 Å². The normalized spacial score (nSPS) is 17.6. The molecule has 0 bridgehead atoms. The van der Waals surface area contributed by atoms with Crippen LogP contribution in [-0.2, 0) is 0 Å². The van der Waals surface area contributed by atoms with E-state index in [4.69, 9.17) is 4.74 Å². The topological polar surface area (TPSA) is 76.4 Å². The first-order valence-corrected chi connectivity index (χ1v) is 5.98. The third-order valence-electron chi connectivity index (χ3n) is 3.15. The molecule has 0 saturated carbocycles. The zero-order valence-corrected chi connectivity index (χ0v) is 11.5. The molecule has 7 heteroatoms. The Morgan fingerprint density at radius 1 is 1.58 bits per heavy atom. The van der Waals surface area contributed by atoms with Crippen LogP contribution in [0.15, 0.2) is 18.2 Å². The van der Waals surface area contributed by atoms with Gasteiger partial charge in [-0.25, -0.2) is 0 Å². The molecule has 19 heavy (non-hydrogen) atoms. The van der Waals surface area contributed by atoms with Gasteiger partial charge in [-0.05, 0) is 37.6 Å². The molecular weight excluding hydrogens is 270 g/mol. The zero-order chi connectivity index (χ0) is 13.0. The highest BCUT2D eigenvalue weighted by molar-refractivity contribution is 5.85. The van der Waals surface area contributed by atoms with Gasteiger partial charge in [0.05, 0.1) is 12.0 Å². The van der Waals surface area contributed by atoms with E-state index in [2.05, 4.69) is 10.6 Å². The maximum atomic E-state index is 11.1. The van der Waals surface area contributed by atoms with Crippen molar-refractivity contribution in [2.45, 2.75) is 6.42 Å². The van der Waals surface area contributed by atoms with Gasteiger partial charge in [-0.3, -0.25) is 10.1 Å². The van der Waals surface area contributed by atoms with Crippen molar-refractivity contribution < 1.29 is 9.66 Å². The summed E-state index contributed by atoms with van der Waals surface area (Å²) < 4.78 is 5.03. The van der Waals surface area contributed by atoms with Gasteiger partial charge in [0, 0.05) is 6.54 Å². The van der Waals surface area contributed by atoms with Crippen LogP contribution in [0.1, 0.15) is 6.42 Å². The smallest absolute Gasteiger partial charge is 0.333 e. The number of nitrogens with zero attached hydrogens (tertiary/aromatic N) is 1. The standard InChI is InChI=1S/C12H17N3O3.ClH/c1-18-11-4-2-3-10(12(11)15(16)17)14-8-9-5-6-13-7-9;/h2-4,9,13-14H,5-8H2,1H3;1H/t9-;/m1./s1. The van der Waals surface area contributed by atoms with Crippen molar-refractivity contribution in [3.05, 3.63) is 28.3 Å². The molecule has 0 unspecified atom stereocenters. The van der Waals surface area contributed by atoms with E-state index in [1.807, 2.05) is 0 Å². The Morgan fingerprint density at radius 2 is 2.37 bits per heavy atom. The van der Waals surface area contributed by atoms with Gasteiger partial charge in [-0.2, -0.15) is 0 Å². The summed E-state index contributed by atoms with van der Waals surface area (Å²) in [5, 5.41) is 17.5. The Morgan fingerprint density at radius 3 is 2.95 bits per heavy atom. The molecule has 1 aliphatic rings. The highest BCUT2D eigenvalue weighted by Gasteiger charge is 2.21. The maximum absolute atomic E-state index is 11.1. The summed E-state index contributed by atoms with van der Waals surface area (Å²) in [7, 11) is 1.44. The first-order chi connectivity index (χ1) is 8.72. The number of benzene rings is 1. The van der Waals surface area contributed by atoms with E-state index >= 15 is 0 Å². The van der Waals surface area contributed by atoms with Crippen molar-refractivity contribution in [2.75, 3.05) is 32.1 Å². The SMILES string of the molecule is COc1cccc(NC[C@@H]2CCNC2)c1[N+](=O)[O-].Cl. The van der Waals surface area contributed by atoms with Gasteiger partial charge in [0.25, 0.3) is 0 Å². The van der Waals surface area contributed by atoms with Crippen LogP contribution in [0, 0.1) is 16.0 Å². The number of anilines is 1. The number of rotatable bonds is 5. The maximum Gasteiger partial charge on any atom is 0.333 e. The predicted molar refractivity (Wildman–Crippen MR) is 76.4 cm³/mol. The summed E-state index contributed by atoms with van der Waals surface area (Å²) in [6, 6.07) is 5.06. The molecule has 0 radical (unpaired) electrons. The Bertz CT molecular complexity index is 436. The second-order valence-electron chi connectivity index (χ2n) is 4.35. The molecule has 1 fully saturated rings. The molecule has 0 aromatic heterocycles. The number of para-hydroxylation sites is 1. The fourth-order valence-electron chi connectivity index (χ4n) is 2.16.